The van der Waals surface area contributed by atoms with E-state index in [1.54, 1.807) is 0 Å². The van der Waals surface area contributed by atoms with E-state index < -0.39 is 0 Å². The van der Waals surface area contributed by atoms with Crippen molar-refractivity contribution in [3.63, 3.8) is 0 Å². The van der Waals surface area contributed by atoms with E-state index in [1.165, 1.54) is 12.2 Å². The Morgan fingerprint density at radius 1 is 1.21 bits per heavy atom. The lowest BCUT2D eigenvalue weighted by Gasteiger charge is -2.10. The smallest absolute Gasteiger partial charge is 0.191 e. The van der Waals surface area contributed by atoms with Gasteiger partial charge in [-0.05, 0) is 43.9 Å². The SMILES string of the molecule is CCNC(=NCCCCSC)NCCc1cc2ccccc2o1.I. The fourth-order valence-corrected chi connectivity index (χ4v) is 2.85. The molecule has 1 aromatic carbocycles. The zero-order valence-corrected chi connectivity index (χ0v) is 17.7. The predicted molar refractivity (Wildman–Crippen MR) is 117 cm³/mol. The Bertz CT molecular complexity index is 582. The van der Waals surface area contributed by atoms with Crippen molar-refractivity contribution in [3.8, 4) is 0 Å². The predicted octanol–water partition coefficient (Wildman–Crippen LogP) is 4.29. The number of thioether (sulfide) groups is 1. The Morgan fingerprint density at radius 2 is 2.04 bits per heavy atom. The normalized spacial score (nSPS) is 11.3. The van der Waals surface area contributed by atoms with Gasteiger partial charge in [-0.3, -0.25) is 4.99 Å². The van der Waals surface area contributed by atoms with Crippen LogP contribution in [0.1, 0.15) is 25.5 Å². The van der Waals surface area contributed by atoms with Crippen molar-refractivity contribution in [3.05, 3.63) is 36.1 Å². The van der Waals surface area contributed by atoms with Gasteiger partial charge >= 0.3 is 0 Å². The van der Waals surface area contributed by atoms with E-state index in [9.17, 15) is 0 Å². The maximum absolute atomic E-state index is 5.83. The molecule has 0 fully saturated rings. The number of unbranched alkanes of at least 4 members (excludes halogenated alkanes) is 1. The van der Waals surface area contributed by atoms with Gasteiger partial charge in [0.15, 0.2) is 5.96 Å². The molecule has 2 rings (SSSR count). The molecule has 0 bridgehead atoms. The highest BCUT2D eigenvalue weighted by molar-refractivity contribution is 14.0. The zero-order chi connectivity index (χ0) is 16.3. The molecule has 2 N–H and O–H groups in total. The number of benzene rings is 1. The minimum atomic E-state index is 0. The van der Waals surface area contributed by atoms with Crippen LogP contribution >= 0.6 is 35.7 Å². The molecule has 0 amide bonds. The number of nitrogens with zero attached hydrogens (tertiary/aromatic N) is 1. The van der Waals surface area contributed by atoms with E-state index in [2.05, 4.69) is 40.9 Å². The van der Waals surface area contributed by atoms with E-state index in [1.807, 2.05) is 30.0 Å². The number of guanidine groups is 1. The summed E-state index contributed by atoms with van der Waals surface area (Å²) >= 11 is 1.89. The van der Waals surface area contributed by atoms with Crippen molar-refractivity contribution in [2.75, 3.05) is 31.6 Å². The summed E-state index contributed by atoms with van der Waals surface area (Å²) in [6.07, 6.45) is 5.36. The number of para-hydroxylation sites is 1. The van der Waals surface area contributed by atoms with Gasteiger partial charge in [0.25, 0.3) is 0 Å². The van der Waals surface area contributed by atoms with Crippen LogP contribution in [0.2, 0.25) is 0 Å². The van der Waals surface area contributed by atoms with Gasteiger partial charge in [-0.15, -0.1) is 24.0 Å². The van der Waals surface area contributed by atoms with E-state index >= 15 is 0 Å². The summed E-state index contributed by atoms with van der Waals surface area (Å²) in [5.41, 5.74) is 0.955. The van der Waals surface area contributed by atoms with Crippen molar-refractivity contribution >= 4 is 52.7 Å². The number of halogens is 1. The Labute approximate surface area is 166 Å². The van der Waals surface area contributed by atoms with E-state index in [4.69, 9.17) is 4.42 Å². The van der Waals surface area contributed by atoms with Crippen LogP contribution < -0.4 is 10.6 Å². The van der Waals surface area contributed by atoms with Gasteiger partial charge in [-0.1, -0.05) is 18.2 Å². The van der Waals surface area contributed by atoms with Crippen molar-refractivity contribution in [2.24, 2.45) is 4.99 Å². The van der Waals surface area contributed by atoms with Crippen LogP contribution in [0, 0.1) is 0 Å². The maximum Gasteiger partial charge on any atom is 0.191 e. The third kappa shape index (κ3) is 7.34. The minimum absolute atomic E-state index is 0. The maximum atomic E-state index is 5.83. The Hall–Kier alpha value is -0.890. The lowest BCUT2D eigenvalue weighted by atomic mass is 10.2. The van der Waals surface area contributed by atoms with Gasteiger partial charge in [0.2, 0.25) is 0 Å². The number of hydrogen-bond acceptors (Lipinski definition) is 3. The largest absolute Gasteiger partial charge is 0.461 e. The summed E-state index contributed by atoms with van der Waals surface area (Å²) in [6, 6.07) is 10.2. The van der Waals surface area contributed by atoms with Crippen LogP contribution in [0.15, 0.2) is 39.7 Å². The standard InChI is InChI=1S/C18H27N3OS.HI/c1-3-19-18(20-11-6-7-13-23-2)21-12-10-16-14-15-8-4-5-9-17(15)22-16;/h4-5,8-9,14H,3,6-7,10-13H2,1-2H3,(H2,19,20,21);1H. The van der Waals surface area contributed by atoms with E-state index in [0.29, 0.717) is 0 Å². The van der Waals surface area contributed by atoms with Gasteiger partial charge in [0.05, 0.1) is 0 Å². The molecule has 0 aliphatic carbocycles. The second-order valence-electron chi connectivity index (χ2n) is 5.39. The van der Waals surface area contributed by atoms with Crippen LogP contribution in [0.4, 0.5) is 0 Å². The fourth-order valence-electron chi connectivity index (χ4n) is 2.35. The Morgan fingerprint density at radius 3 is 2.79 bits per heavy atom. The molecule has 0 atom stereocenters. The minimum Gasteiger partial charge on any atom is -0.461 e. The first-order valence-electron chi connectivity index (χ1n) is 8.32. The summed E-state index contributed by atoms with van der Waals surface area (Å²) < 4.78 is 5.83. The molecule has 2 aromatic rings. The number of hydrogen-bond donors (Lipinski definition) is 2. The van der Waals surface area contributed by atoms with Crippen LogP contribution in [0.5, 0.6) is 0 Å². The van der Waals surface area contributed by atoms with E-state index in [-0.39, 0.29) is 24.0 Å². The lowest BCUT2D eigenvalue weighted by Crippen LogP contribution is -2.38. The molecule has 134 valence electrons. The highest BCUT2D eigenvalue weighted by atomic mass is 127. The summed E-state index contributed by atoms with van der Waals surface area (Å²) in [5.74, 6) is 3.12. The van der Waals surface area contributed by atoms with Crippen LogP contribution in [-0.2, 0) is 6.42 Å². The van der Waals surface area contributed by atoms with Crippen molar-refractivity contribution < 1.29 is 4.42 Å². The molecular formula is C18H28IN3OS. The second-order valence-corrected chi connectivity index (χ2v) is 6.37. The molecule has 1 aromatic heterocycles. The molecule has 4 nitrogen and oxygen atoms in total. The molecule has 0 saturated carbocycles. The molecule has 24 heavy (non-hydrogen) atoms. The summed E-state index contributed by atoms with van der Waals surface area (Å²) in [4.78, 5) is 4.61. The third-order valence-corrected chi connectivity index (χ3v) is 4.21. The van der Waals surface area contributed by atoms with E-state index in [0.717, 1.165) is 55.2 Å². The van der Waals surface area contributed by atoms with Gasteiger partial charge < -0.3 is 15.1 Å². The van der Waals surface area contributed by atoms with Crippen molar-refractivity contribution in [2.45, 2.75) is 26.2 Å². The second kappa shape index (κ2) is 12.5. The van der Waals surface area contributed by atoms with Crippen molar-refractivity contribution in [1.82, 2.24) is 10.6 Å². The topological polar surface area (TPSA) is 49.6 Å². The Kier molecular flexibility index (Phi) is 11.0. The molecule has 0 aliphatic rings. The first kappa shape index (κ1) is 21.2. The van der Waals surface area contributed by atoms with Gasteiger partial charge in [-0.2, -0.15) is 11.8 Å². The molecule has 0 spiro atoms. The van der Waals surface area contributed by atoms with Crippen LogP contribution in [0.25, 0.3) is 11.0 Å². The zero-order valence-electron chi connectivity index (χ0n) is 14.5. The first-order valence-corrected chi connectivity index (χ1v) is 9.71. The molecule has 0 saturated heterocycles. The number of nitrogens with one attached hydrogen (secondary N) is 2. The summed E-state index contributed by atoms with van der Waals surface area (Å²) in [5, 5.41) is 7.83. The van der Waals surface area contributed by atoms with Gasteiger partial charge in [0, 0.05) is 31.4 Å². The van der Waals surface area contributed by atoms with Gasteiger partial charge in [-0.25, -0.2) is 0 Å². The highest BCUT2D eigenvalue weighted by Crippen LogP contribution is 2.18. The molecule has 0 aliphatic heterocycles. The number of fused-ring (bicyclic) bond motifs is 1. The summed E-state index contributed by atoms with van der Waals surface area (Å²) in [6.45, 7) is 4.66. The molecule has 0 radical (unpaired) electrons. The molecular weight excluding hydrogens is 433 g/mol. The first-order chi connectivity index (χ1) is 11.3. The molecule has 6 heteroatoms. The van der Waals surface area contributed by atoms with Crippen LogP contribution in [0.3, 0.4) is 0 Å². The van der Waals surface area contributed by atoms with Crippen LogP contribution in [-0.4, -0.2) is 37.6 Å². The molecule has 0 unspecified atom stereocenters. The average molecular weight is 461 g/mol. The van der Waals surface area contributed by atoms with Crippen molar-refractivity contribution in [1.29, 1.82) is 0 Å². The number of furan rings is 1. The Balaban J connectivity index is 0.00000288. The monoisotopic (exact) mass is 461 g/mol. The molecule has 1 heterocycles. The lowest BCUT2D eigenvalue weighted by molar-refractivity contribution is 0.544. The average Bonchev–Trinajstić information content (AvgIpc) is 2.97. The fraction of sp³-hybridized carbons (Fsp3) is 0.500. The highest BCUT2D eigenvalue weighted by Gasteiger charge is 2.03. The number of rotatable bonds is 9. The quantitative estimate of drug-likeness (QED) is 0.253. The third-order valence-electron chi connectivity index (χ3n) is 3.51. The van der Waals surface area contributed by atoms with Gasteiger partial charge in [0.1, 0.15) is 11.3 Å². The number of aliphatic imine (C=N–C) groups is 1. The summed E-state index contributed by atoms with van der Waals surface area (Å²) in [7, 11) is 0.